The number of thiocarbonyl (C=S) groups is 1. The van der Waals surface area contributed by atoms with Gasteiger partial charge in [0.05, 0.1) is 0 Å². The van der Waals surface area contributed by atoms with Gasteiger partial charge in [-0.25, -0.2) is 0 Å². The highest BCUT2D eigenvalue weighted by Crippen LogP contribution is 2.29. The number of carbonyl (C=O) groups is 1. The van der Waals surface area contributed by atoms with Gasteiger partial charge >= 0.3 is 0 Å². The van der Waals surface area contributed by atoms with Crippen molar-refractivity contribution in [3.63, 3.8) is 0 Å². The van der Waals surface area contributed by atoms with E-state index >= 15 is 0 Å². The minimum Gasteiger partial charge on any atom is -0.344 e. The summed E-state index contributed by atoms with van der Waals surface area (Å²) in [5.74, 6) is -0.0504. The molecule has 1 fully saturated rings. The van der Waals surface area contributed by atoms with E-state index in [-0.39, 0.29) is 5.91 Å². The Morgan fingerprint density at radius 3 is 2.50 bits per heavy atom. The first-order valence-electron chi connectivity index (χ1n) is 5.38. The van der Waals surface area contributed by atoms with Gasteiger partial charge in [-0.1, -0.05) is 43.7 Å². The molecule has 16 heavy (non-hydrogen) atoms. The monoisotopic (exact) mass is 234 g/mol. The molecule has 0 aliphatic carbocycles. The van der Waals surface area contributed by atoms with E-state index in [1.807, 2.05) is 30.3 Å². The maximum absolute atomic E-state index is 12.0. The van der Waals surface area contributed by atoms with Gasteiger partial charge < -0.3 is 10.6 Å². The summed E-state index contributed by atoms with van der Waals surface area (Å²) in [5.41, 5.74) is 0.293. The maximum Gasteiger partial charge on any atom is 0.256 e. The SMILES string of the molecule is CCCC1(c2ccccc2)NC(=S)NC1=O. The maximum atomic E-state index is 12.0. The summed E-state index contributed by atoms with van der Waals surface area (Å²) in [6.45, 7) is 2.06. The molecule has 1 aliphatic rings. The minimum atomic E-state index is -0.674. The van der Waals surface area contributed by atoms with Crippen LogP contribution in [-0.4, -0.2) is 11.0 Å². The van der Waals surface area contributed by atoms with Crippen LogP contribution in [0.4, 0.5) is 0 Å². The topological polar surface area (TPSA) is 41.1 Å². The van der Waals surface area contributed by atoms with Gasteiger partial charge in [-0.05, 0) is 24.2 Å². The van der Waals surface area contributed by atoms with Crippen LogP contribution in [0.2, 0.25) is 0 Å². The van der Waals surface area contributed by atoms with Gasteiger partial charge in [-0.2, -0.15) is 0 Å². The molecule has 4 heteroatoms. The summed E-state index contributed by atoms with van der Waals surface area (Å²) < 4.78 is 0. The molecule has 2 rings (SSSR count). The highest BCUT2D eigenvalue weighted by atomic mass is 32.1. The largest absolute Gasteiger partial charge is 0.344 e. The van der Waals surface area contributed by atoms with Crippen LogP contribution in [0.1, 0.15) is 25.3 Å². The lowest BCUT2D eigenvalue weighted by Crippen LogP contribution is -2.43. The number of hydrogen-bond acceptors (Lipinski definition) is 2. The van der Waals surface area contributed by atoms with Crippen LogP contribution in [0.3, 0.4) is 0 Å². The van der Waals surface area contributed by atoms with Crippen LogP contribution in [0, 0.1) is 0 Å². The fraction of sp³-hybridized carbons (Fsp3) is 0.333. The Morgan fingerprint density at radius 1 is 1.31 bits per heavy atom. The van der Waals surface area contributed by atoms with Crippen molar-refractivity contribution in [1.82, 2.24) is 10.6 Å². The van der Waals surface area contributed by atoms with Crippen LogP contribution in [0.15, 0.2) is 30.3 Å². The predicted molar refractivity (Wildman–Crippen MR) is 66.9 cm³/mol. The molecule has 3 nitrogen and oxygen atoms in total. The van der Waals surface area contributed by atoms with Gasteiger partial charge in [0.15, 0.2) is 5.11 Å². The molecule has 1 atom stereocenters. The molecule has 1 aromatic rings. The van der Waals surface area contributed by atoms with Crippen LogP contribution in [-0.2, 0) is 10.3 Å². The second-order valence-electron chi connectivity index (χ2n) is 3.93. The van der Waals surface area contributed by atoms with Gasteiger partial charge in [0.1, 0.15) is 5.54 Å². The van der Waals surface area contributed by atoms with Gasteiger partial charge in [0.25, 0.3) is 5.91 Å². The molecule has 1 heterocycles. The number of nitrogens with one attached hydrogen (secondary N) is 2. The van der Waals surface area contributed by atoms with E-state index in [1.54, 1.807) is 0 Å². The predicted octanol–water partition coefficient (Wildman–Crippen LogP) is 1.69. The molecule has 0 aromatic heterocycles. The second-order valence-corrected chi connectivity index (χ2v) is 4.34. The lowest BCUT2D eigenvalue weighted by molar-refractivity contribution is -0.124. The number of hydrogen-bond donors (Lipinski definition) is 2. The third kappa shape index (κ3) is 1.69. The molecule has 0 bridgehead atoms. The lowest BCUT2D eigenvalue weighted by Gasteiger charge is -2.26. The molecular formula is C12H14N2OS. The number of carbonyl (C=O) groups excluding carboxylic acids is 1. The Hall–Kier alpha value is -1.42. The Kier molecular flexibility index (Phi) is 2.92. The summed E-state index contributed by atoms with van der Waals surface area (Å²) in [7, 11) is 0. The molecule has 2 N–H and O–H groups in total. The number of rotatable bonds is 3. The van der Waals surface area contributed by atoms with Gasteiger partial charge in [0.2, 0.25) is 0 Å². The minimum absolute atomic E-state index is 0.0504. The summed E-state index contributed by atoms with van der Waals surface area (Å²) in [4.78, 5) is 12.0. The zero-order chi connectivity index (χ0) is 11.6. The standard InChI is InChI=1S/C12H14N2OS/c1-2-8-12(9-6-4-3-5-7-9)10(15)13-11(16)14-12/h3-7H,2,8H2,1H3,(H2,13,14,15,16). The third-order valence-corrected chi connectivity index (χ3v) is 3.04. The van der Waals surface area contributed by atoms with E-state index in [2.05, 4.69) is 17.6 Å². The molecule has 0 spiro atoms. The molecule has 1 aliphatic heterocycles. The van der Waals surface area contributed by atoms with Gasteiger partial charge in [-0.15, -0.1) is 0 Å². The summed E-state index contributed by atoms with van der Waals surface area (Å²) in [6.07, 6.45) is 1.65. The third-order valence-electron chi connectivity index (χ3n) is 2.83. The molecule has 1 aromatic carbocycles. The molecule has 1 unspecified atom stereocenters. The van der Waals surface area contributed by atoms with E-state index < -0.39 is 5.54 Å². The smallest absolute Gasteiger partial charge is 0.256 e. The van der Waals surface area contributed by atoms with Crippen molar-refractivity contribution >= 4 is 23.2 Å². The summed E-state index contributed by atoms with van der Waals surface area (Å²) in [5, 5.41) is 6.20. The molecule has 1 amide bonds. The first kappa shape index (κ1) is 11.1. The Labute approximate surface area is 100 Å². The first-order chi connectivity index (χ1) is 7.69. The quantitative estimate of drug-likeness (QED) is 0.782. The molecule has 84 valence electrons. The second kappa shape index (κ2) is 4.22. The van der Waals surface area contributed by atoms with Crippen molar-refractivity contribution in [1.29, 1.82) is 0 Å². The average Bonchev–Trinajstić information content (AvgIpc) is 2.57. The lowest BCUT2D eigenvalue weighted by atomic mass is 9.86. The van der Waals surface area contributed by atoms with Crippen molar-refractivity contribution in [2.45, 2.75) is 25.3 Å². The Bertz CT molecular complexity index is 418. The van der Waals surface area contributed by atoms with Crippen molar-refractivity contribution in [2.24, 2.45) is 0 Å². The highest BCUT2D eigenvalue weighted by Gasteiger charge is 2.44. The van der Waals surface area contributed by atoms with Crippen LogP contribution in [0.25, 0.3) is 0 Å². The molecule has 0 saturated carbocycles. The Balaban J connectivity index is 2.44. The van der Waals surface area contributed by atoms with Crippen molar-refractivity contribution in [3.05, 3.63) is 35.9 Å². The molecule has 0 radical (unpaired) electrons. The zero-order valence-electron chi connectivity index (χ0n) is 9.12. The van der Waals surface area contributed by atoms with Gasteiger partial charge in [0, 0.05) is 0 Å². The first-order valence-corrected chi connectivity index (χ1v) is 5.79. The van der Waals surface area contributed by atoms with Gasteiger partial charge in [-0.3, -0.25) is 4.79 Å². The van der Waals surface area contributed by atoms with Crippen LogP contribution < -0.4 is 10.6 Å². The van der Waals surface area contributed by atoms with E-state index in [1.165, 1.54) is 0 Å². The summed E-state index contributed by atoms with van der Waals surface area (Å²) >= 11 is 5.02. The van der Waals surface area contributed by atoms with E-state index in [0.29, 0.717) is 5.11 Å². The van der Waals surface area contributed by atoms with E-state index in [4.69, 9.17) is 12.2 Å². The van der Waals surface area contributed by atoms with Crippen molar-refractivity contribution < 1.29 is 4.79 Å². The van der Waals surface area contributed by atoms with Crippen molar-refractivity contribution in [2.75, 3.05) is 0 Å². The fourth-order valence-electron chi connectivity index (χ4n) is 2.11. The summed E-state index contributed by atoms with van der Waals surface area (Å²) in [6, 6.07) is 9.72. The van der Waals surface area contributed by atoms with E-state index in [9.17, 15) is 4.79 Å². The number of benzene rings is 1. The molecular weight excluding hydrogens is 220 g/mol. The molecule has 1 saturated heterocycles. The number of amides is 1. The zero-order valence-corrected chi connectivity index (χ0v) is 9.93. The fourth-order valence-corrected chi connectivity index (χ4v) is 2.38. The Morgan fingerprint density at radius 2 is 2.00 bits per heavy atom. The van der Waals surface area contributed by atoms with E-state index in [0.717, 1.165) is 18.4 Å². The highest BCUT2D eigenvalue weighted by molar-refractivity contribution is 7.80. The van der Waals surface area contributed by atoms with Crippen LogP contribution in [0.5, 0.6) is 0 Å². The van der Waals surface area contributed by atoms with Crippen LogP contribution >= 0.6 is 12.2 Å². The van der Waals surface area contributed by atoms with Crippen molar-refractivity contribution in [3.8, 4) is 0 Å². The average molecular weight is 234 g/mol. The normalized spacial score (nSPS) is 24.1.